The third kappa shape index (κ3) is 8.84. The van der Waals surface area contributed by atoms with Crippen LogP contribution in [0.2, 0.25) is 0 Å². The van der Waals surface area contributed by atoms with E-state index in [1.54, 1.807) is 22.7 Å². The Hall–Kier alpha value is -2.10. The zero-order valence-electron chi connectivity index (χ0n) is 17.4. The van der Waals surface area contributed by atoms with Crippen molar-refractivity contribution in [2.24, 2.45) is 11.8 Å². The van der Waals surface area contributed by atoms with Gasteiger partial charge in [0.25, 0.3) is 0 Å². The smallest absolute Gasteiger partial charge is 0.306 e. The number of esters is 2. The Morgan fingerprint density at radius 2 is 1.52 bits per heavy atom. The highest BCUT2D eigenvalue weighted by molar-refractivity contribution is 7.22. The van der Waals surface area contributed by atoms with Crippen molar-refractivity contribution in [3.05, 3.63) is 34.0 Å². The van der Waals surface area contributed by atoms with Gasteiger partial charge in [0.15, 0.2) is 0 Å². The first-order valence-electron chi connectivity index (χ1n) is 9.82. The maximum atomic E-state index is 11.7. The summed E-state index contributed by atoms with van der Waals surface area (Å²) in [5.74, 6) is 6.48. The highest BCUT2D eigenvalue weighted by atomic mass is 32.1. The number of hydrogen-bond acceptors (Lipinski definition) is 6. The monoisotopic (exact) mass is 432 g/mol. The molecule has 0 saturated heterocycles. The average molecular weight is 433 g/mol. The van der Waals surface area contributed by atoms with Gasteiger partial charge in [-0.25, -0.2) is 0 Å². The van der Waals surface area contributed by atoms with E-state index < -0.39 is 0 Å². The molecule has 4 nitrogen and oxygen atoms in total. The lowest BCUT2D eigenvalue weighted by atomic mass is 10.1. The quantitative estimate of drug-likeness (QED) is 0.281. The summed E-state index contributed by atoms with van der Waals surface area (Å²) < 4.78 is 10.5. The summed E-state index contributed by atoms with van der Waals surface area (Å²) in [6.07, 6.45) is 1.42. The molecule has 0 radical (unpaired) electrons. The van der Waals surface area contributed by atoms with Gasteiger partial charge < -0.3 is 9.47 Å². The van der Waals surface area contributed by atoms with E-state index in [1.165, 1.54) is 0 Å². The van der Waals surface area contributed by atoms with Crippen LogP contribution in [0.25, 0.3) is 9.75 Å². The molecular formula is C23H28O4S2. The van der Waals surface area contributed by atoms with Gasteiger partial charge in [0, 0.05) is 33.9 Å². The fraction of sp³-hybridized carbons (Fsp3) is 0.478. The topological polar surface area (TPSA) is 52.6 Å². The van der Waals surface area contributed by atoms with Crippen molar-refractivity contribution in [1.82, 2.24) is 0 Å². The standard InChI is InChI=1S/C23H28O4S2/c1-16(2)13-22(24)26-12-6-5-7-18-8-10-20(28-18)21-11-9-19(29-21)15-27-23(25)14-17(3)4/h8-11,16-17H,6,12-15H2,1-4H3. The van der Waals surface area contributed by atoms with Crippen molar-refractivity contribution in [1.29, 1.82) is 0 Å². The summed E-state index contributed by atoms with van der Waals surface area (Å²) in [6.45, 7) is 8.64. The van der Waals surface area contributed by atoms with Gasteiger partial charge in [-0.15, -0.1) is 22.7 Å². The molecule has 0 fully saturated rings. The molecule has 0 bridgehead atoms. The summed E-state index contributed by atoms with van der Waals surface area (Å²) in [7, 11) is 0. The van der Waals surface area contributed by atoms with Crippen LogP contribution >= 0.6 is 22.7 Å². The van der Waals surface area contributed by atoms with Crippen LogP contribution in [0.4, 0.5) is 0 Å². The Bertz CT molecular complexity index is 865. The molecule has 0 amide bonds. The molecule has 0 atom stereocenters. The normalized spacial score (nSPS) is 10.7. The van der Waals surface area contributed by atoms with E-state index in [0.29, 0.717) is 44.3 Å². The second-order valence-electron chi connectivity index (χ2n) is 7.56. The maximum Gasteiger partial charge on any atom is 0.306 e. The first-order chi connectivity index (χ1) is 13.8. The predicted octanol–water partition coefficient (Wildman–Crippen LogP) is 5.90. The fourth-order valence-corrected chi connectivity index (χ4v) is 4.32. The number of thiophene rings is 2. The highest BCUT2D eigenvalue weighted by Crippen LogP contribution is 2.33. The van der Waals surface area contributed by atoms with Crippen LogP contribution in [-0.2, 0) is 25.7 Å². The van der Waals surface area contributed by atoms with Crippen molar-refractivity contribution in [2.75, 3.05) is 6.61 Å². The molecule has 0 aliphatic carbocycles. The molecule has 0 saturated carbocycles. The van der Waals surface area contributed by atoms with Crippen molar-refractivity contribution < 1.29 is 19.1 Å². The van der Waals surface area contributed by atoms with Gasteiger partial charge in [-0.2, -0.15) is 0 Å². The second kappa shape index (κ2) is 11.8. The third-order valence-corrected chi connectivity index (χ3v) is 5.99. The van der Waals surface area contributed by atoms with E-state index in [2.05, 4.69) is 17.9 Å². The zero-order chi connectivity index (χ0) is 21.2. The minimum Gasteiger partial charge on any atom is -0.465 e. The van der Waals surface area contributed by atoms with E-state index in [4.69, 9.17) is 9.47 Å². The van der Waals surface area contributed by atoms with Gasteiger partial charge in [0.2, 0.25) is 0 Å². The molecule has 0 aliphatic heterocycles. The third-order valence-electron chi connectivity index (χ3n) is 3.74. The van der Waals surface area contributed by atoms with Gasteiger partial charge in [-0.3, -0.25) is 9.59 Å². The molecule has 0 spiro atoms. The molecule has 156 valence electrons. The predicted molar refractivity (Wildman–Crippen MR) is 119 cm³/mol. The Balaban J connectivity index is 1.81. The second-order valence-corrected chi connectivity index (χ2v) is 9.81. The number of ether oxygens (including phenoxy) is 2. The van der Waals surface area contributed by atoms with Crippen LogP contribution < -0.4 is 0 Å². The van der Waals surface area contributed by atoms with Crippen LogP contribution in [0.3, 0.4) is 0 Å². The van der Waals surface area contributed by atoms with Crippen LogP contribution in [0, 0.1) is 23.7 Å². The Kier molecular flexibility index (Phi) is 9.43. The summed E-state index contributed by atoms with van der Waals surface area (Å²) in [6, 6.07) is 8.10. The maximum absolute atomic E-state index is 11.7. The minimum absolute atomic E-state index is 0.154. The van der Waals surface area contributed by atoms with Gasteiger partial charge in [-0.05, 0) is 36.1 Å². The molecule has 29 heavy (non-hydrogen) atoms. The molecule has 0 aliphatic rings. The zero-order valence-corrected chi connectivity index (χ0v) is 19.1. The largest absolute Gasteiger partial charge is 0.465 e. The van der Waals surface area contributed by atoms with Crippen LogP contribution in [-0.4, -0.2) is 18.5 Å². The number of carbonyl (C=O) groups is 2. The molecule has 2 rings (SSSR count). The number of carbonyl (C=O) groups excluding carboxylic acids is 2. The lowest BCUT2D eigenvalue weighted by Gasteiger charge is -2.04. The van der Waals surface area contributed by atoms with Gasteiger partial charge in [-0.1, -0.05) is 39.5 Å². The number of rotatable bonds is 9. The molecule has 2 aromatic rings. The van der Waals surface area contributed by atoms with Gasteiger partial charge in [0.1, 0.15) is 13.2 Å². The van der Waals surface area contributed by atoms with Crippen LogP contribution in [0.15, 0.2) is 24.3 Å². The van der Waals surface area contributed by atoms with Crippen molar-refractivity contribution in [3.8, 4) is 21.6 Å². The molecule has 2 heterocycles. The molecule has 0 unspecified atom stereocenters. The average Bonchev–Trinajstić information content (AvgIpc) is 3.27. The van der Waals surface area contributed by atoms with Crippen molar-refractivity contribution in [2.45, 2.75) is 53.6 Å². The molecule has 0 N–H and O–H groups in total. The van der Waals surface area contributed by atoms with Crippen molar-refractivity contribution >= 4 is 34.6 Å². The molecule has 2 aromatic heterocycles. The minimum atomic E-state index is -0.163. The first-order valence-corrected chi connectivity index (χ1v) is 11.5. The van der Waals surface area contributed by atoms with E-state index >= 15 is 0 Å². The van der Waals surface area contributed by atoms with E-state index in [1.807, 2.05) is 45.9 Å². The highest BCUT2D eigenvalue weighted by Gasteiger charge is 2.09. The Morgan fingerprint density at radius 3 is 2.21 bits per heavy atom. The molecule has 6 heteroatoms. The Labute approximate surface area is 181 Å². The van der Waals surface area contributed by atoms with E-state index in [9.17, 15) is 9.59 Å². The van der Waals surface area contributed by atoms with Crippen LogP contribution in [0.5, 0.6) is 0 Å². The van der Waals surface area contributed by atoms with Gasteiger partial charge in [0.05, 0.1) is 4.88 Å². The lowest BCUT2D eigenvalue weighted by molar-refractivity contribution is -0.146. The van der Waals surface area contributed by atoms with Gasteiger partial charge >= 0.3 is 11.9 Å². The summed E-state index contributed by atoms with van der Waals surface area (Å²) in [4.78, 5) is 27.5. The summed E-state index contributed by atoms with van der Waals surface area (Å²) in [5, 5.41) is 0. The lowest BCUT2D eigenvalue weighted by Crippen LogP contribution is -2.08. The van der Waals surface area contributed by atoms with E-state index in [0.717, 1.165) is 19.5 Å². The SMILES string of the molecule is CC(C)CC(=O)OCCC#Cc1ccc(-c2ccc(COC(=O)CC(C)C)s2)s1. The number of hydrogen-bond donors (Lipinski definition) is 0. The Morgan fingerprint density at radius 1 is 0.897 bits per heavy atom. The summed E-state index contributed by atoms with van der Waals surface area (Å²) >= 11 is 3.25. The van der Waals surface area contributed by atoms with E-state index in [-0.39, 0.29) is 11.9 Å². The van der Waals surface area contributed by atoms with Crippen molar-refractivity contribution in [3.63, 3.8) is 0 Å². The summed E-state index contributed by atoms with van der Waals surface area (Å²) in [5.41, 5.74) is 0. The molecule has 0 aromatic carbocycles. The first kappa shape index (κ1) is 23.2. The van der Waals surface area contributed by atoms with Crippen LogP contribution in [0.1, 0.15) is 56.7 Å². The molecular weight excluding hydrogens is 404 g/mol. The fourth-order valence-electron chi connectivity index (χ4n) is 2.43.